The fraction of sp³-hybridized carbons (Fsp3) is 0.273. The van der Waals surface area contributed by atoms with Crippen LogP contribution in [0, 0.1) is 0 Å². The number of hydrogen-bond acceptors (Lipinski definition) is 9. The van der Waals surface area contributed by atoms with Crippen LogP contribution >= 0.6 is 0 Å². The van der Waals surface area contributed by atoms with Crippen molar-refractivity contribution in [3.05, 3.63) is 59.7 Å². The molecule has 0 fully saturated rings. The highest BCUT2D eigenvalue weighted by Crippen LogP contribution is 2.14. The third-order valence-electron chi connectivity index (χ3n) is 4.56. The van der Waals surface area contributed by atoms with Crippen molar-refractivity contribution < 1.29 is 34.1 Å². The van der Waals surface area contributed by atoms with Crippen molar-refractivity contribution in [1.29, 1.82) is 0 Å². The second kappa shape index (κ2) is 12.2. The van der Waals surface area contributed by atoms with E-state index >= 15 is 0 Å². The van der Waals surface area contributed by atoms with Gasteiger partial charge < -0.3 is 37.1 Å². The molecule has 2 atom stereocenters. The van der Waals surface area contributed by atoms with E-state index in [4.69, 9.17) is 16.2 Å². The SMILES string of the molecule is NCC(=O)N[C@@H](Cc1ccc(O)cc1)C(=O)OC(=O)[C@H](Cc1ccc(O)cc1)NC(=O)CN. The molecule has 0 saturated heterocycles. The lowest BCUT2D eigenvalue weighted by molar-refractivity contribution is -0.164. The molecular weight excluding hydrogens is 432 g/mol. The van der Waals surface area contributed by atoms with Gasteiger partial charge in [-0.25, -0.2) is 9.59 Å². The lowest BCUT2D eigenvalue weighted by Gasteiger charge is -2.20. The van der Waals surface area contributed by atoms with E-state index in [1.165, 1.54) is 24.3 Å². The molecule has 2 aromatic rings. The summed E-state index contributed by atoms with van der Waals surface area (Å²) in [5, 5.41) is 23.6. The second-order valence-electron chi connectivity index (χ2n) is 7.13. The minimum Gasteiger partial charge on any atom is -0.508 e. The van der Waals surface area contributed by atoms with E-state index in [1.54, 1.807) is 24.3 Å². The van der Waals surface area contributed by atoms with Crippen molar-refractivity contribution in [1.82, 2.24) is 10.6 Å². The fourth-order valence-corrected chi connectivity index (χ4v) is 2.87. The predicted molar refractivity (Wildman–Crippen MR) is 117 cm³/mol. The zero-order valence-corrected chi connectivity index (χ0v) is 17.7. The molecule has 0 bridgehead atoms. The monoisotopic (exact) mass is 458 g/mol. The Hall–Kier alpha value is -3.96. The molecule has 0 aromatic heterocycles. The first-order valence-electron chi connectivity index (χ1n) is 10.0. The molecule has 2 amide bonds. The maximum atomic E-state index is 12.7. The lowest BCUT2D eigenvalue weighted by Crippen LogP contribution is -2.50. The first-order chi connectivity index (χ1) is 15.7. The van der Waals surface area contributed by atoms with E-state index in [9.17, 15) is 29.4 Å². The van der Waals surface area contributed by atoms with Crippen LogP contribution in [0.2, 0.25) is 0 Å². The van der Waals surface area contributed by atoms with E-state index < -0.39 is 35.8 Å². The largest absolute Gasteiger partial charge is 0.508 e. The number of esters is 2. The highest BCUT2D eigenvalue weighted by Gasteiger charge is 2.29. The molecule has 0 saturated carbocycles. The molecule has 0 aliphatic carbocycles. The molecule has 0 aliphatic heterocycles. The van der Waals surface area contributed by atoms with E-state index in [0.29, 0.717) is 11.1 Å². The van der Waals surface area contributed by atoms with Crippen LogP contribution in [0.15, 0.2) is 48.5 Å². The first kappa shape index (κ1) is 25.3. The summed E-state index contributed by atoms with van der Waals surface area (Å²) >= 11 is 0. The van der Waals surface area contributed by atoms with Crippen LogP contribution < -0.4 is 22.1 Å². The maximum Gasteiger partial charge on any atom is 0.336 e. The molecule has 0 radical (unpaired) electrons. The summed E-state index contributed by atoms with van der Waals surface area (Å²) in [6.07, 6.45) is -0.0636. The number of nitrogens with one attached hydrogen (secondary N) is 2. The molecule has 0 unspecified atom stereocenters. The quantitative estimate of drug-likeness (QED) is 0.188. The Morgan fingerprint density at radius 1 is 0.697 bits per heavy atom. The van der Waals surface area contributed by atoms with Crippen LogP contribution in [0.25, 0.3) is 0 Å². The van der Waals surface area contributed by atoms with Crippen LogP contribution in [0.3, 0.4) is 0 Å². The molecule has 11 heteroatoms. The summed E-state index contributed by atoms with van der Waals surface area (Å²) in [5.74, 6) is -3.33. The van der Waals surface area contributed by atoms with Crippen molar-refractivity contribution in [3.8, 4) is 11.5 Å². The number of nitrogens with two attached hydrogens (primary N) is 2. The van der Waals surface area contributed by atoms with Gasteiger partial charge in [-0.15, -0.1) is 0 Å². The number of hydrogen-bond donors (Lipinski definition) is 6. The summed E-state index contributed by atoms with van der Waals surface area (Å²) < 4.78 is 4.97. The summed E-state index contributed by atoms with van der Waals surface area (Å²) in [7, 11) is 0. The molecule has 8 N–H and O–H groups in total. The Morgan fingerprint density at radius 2 is 1.03 bits per heavy atom. The fourth-order valence-electron chi connectivity index (χ4n) is 2.87. The standard InChI is InChI=1S/C22H26N4O7/c23-11-19(29)25-17(9-13-1-5-15(27)6-2-13)21(31)33-22(32)18(26-20(30)12-24)10-14-3-7-16(28)8-4-14/h1-8,17-18,27-28H,9-12,23-24H2,(H,25,29)(H,26,30)/t17-,18-/m0/s1. The van der Waals surface area contributed by atoms with Gasteiger partial charge in [-0.3, -0.25) is 9.59 Å². The van der Waals surface area contributed by atoms with Crippen molar-refractivity contribution in [3.63, 3.8) is 0 Å². The number of aromatic hydroxyl groups is 2. The molecule has 2 rings (SSSR count). The molecule has 11 nitrogen and oxygen atoms in total. The maximum absolute atomic E-state index is 12.7. The van der Waals surface area contributed by atoms with Gasteiger partial charge in [0.05, 0.1) is 13.1 Å². The van der Waals surface area contributed by atoms with Crippen LogP contribution in [-0.4, -0.2) is 59.1 Å². The summed E-state index contributed by atoms with van der Waals surface area (Å²) in [6.45, 7) is -0.771. The second-order valence-corrected chi connectivity index (χ2v) is 7.13. The van der Waals surface area contributed by atoms with Gasteiger partial charge in [0.2, 0.25) is 11.8 Å². The normalized spacial score (nSPS) is 12.3. The van der Waals surface area contributed by atoms with Gasteiger partial charge in [-0.2, -0.15) is 0 Å². The van der Waals surface area contributed by atoms with E-state index in [2.05, 4.69) is 10.6 Å². The summed E-state index contributed by atoms with van der Waals surface area (Å²) in [6, 6.07) is 9.31. The van der Waals surface area contributed by atoms with Gasteiger partial charge in [0.1, 0.15) is 23.6 Å². The van der Waals surface area contributed by atoms with Crippen LogP contribution in [0.1, 0.15) is 11.1 Å². The van der Waals surface area contributed by atoms with Crippen LogP contribution in [0.4, 0.5) is 0 Å². The highest BCUT2D eigenvalue weighted by molar-refractivity contribution is 5.95. The van der Waals surface area contributed by atoms with Crippen molar-refractivity contribution >= 4 is 23.8 Å². The van der Waals surface area contributed by atoms with Gasteiger partial charge in [-0.1, -0.05) is 24.3 Å². The number of rotatable bonds is 10. The molecule has 176 valence electrons. The molecule has 0 heterocycles. The Morgan fingerprint density at radius 3 is 1.33 bits per heavy atom. The molecule has 2 aromatic carbocycles. The predicted octanol–water partition coefficient (Wildman–Crippen LogP) is -1.16. The van der Waals surface area contributed by atoms with Crippen molar-refractivity contribution in [2.45, 2.75) is 24.9 Å². The zero-order valence-electron chi connectivity index (χ0n) is 17.7. The van der Waals surface area contributed by atoms with Gasteiger partial charge in [-0.05, 0) is 35.4 Å². The van der Waals surface area contributed by atoms with Gasteiger partial charge in [0, 0.05) is 12.8 Å². The molecular formula is C22H26N4O7. The zero-order chi connectivity index (χ0) is 24.4. The number of benzene rings is 2. The van der Waals surface area contributed by atoms with Crippen LogP contribution in [-0.2, 0) is 36.8 Å². The number of amides is 2. The molecule has 0 spiro atoms. The minimum absolute atomic E-state index is 0.0202. The number of carbonyl (C=O) groups excluding carboxylic acids is 4. The Bertz CT molecular complexity index is 898. The number of phenolic OH excluding ortho intramolecular Hbond substituents is 2. The van der Waals surface area contributed by atoms with E-state index in [-0.39, 0.29) is 37.4 Å². The Labute approximate surface area is 189 Å². The minimum atomic E-state index is -1.24. The molecule has 0 aliphatic rings. The summed E-state index contributed by atoms with van der Waals surface area (Å²) in [5.41, 5.74) is 11.8. The first-order valence-corrected chi connectivity index (χ1v) is 10.0. The number of carbonyl (C=O) groups is 4. The number of phenols is 2. The third-order valence-corrected chi connectivity index (χ3v) is 4.56. The average Bonchev–Trinajstić information content (AvgIpc) is 2.80. The number of ether oxygens (including phenoxy) is 1. The van der Waals surface area contributed by atoms with Gasteiger partial charge in [0.15, 0.2) is 0 Å². The van der Waals surface area contributed by atoms with Crippen LogP contribution in [0.5, 0.6) is 11.5 Å². The lowest BCUT2D eigenvalue weighted by atomic mass is 10.0. The smallest absolute Gasteiger partial charge is 0.336 e. The Balaban J connectivity index is 2.16. The third kappa shape index (κ3) is 8.24. The highest BCUT2D eigenvalue weighted by atomic mass is 16.6. The van der Waals surface area contributed by atoms with Gasteiger partial charge >= 0.3 is 11.9 Å². The average molecular weight is 458 g/mol. The van der Waals surface area contributed by atoms with Crippen molar-refractivity contribution in [2.75, 3.05) is 13.1 Å². The summed E-state index contributed by atoms with van der Waals surface area (Å²) in [4.78, 5) is 49.0. The van der Waals surface area contributed by atoms with Gasteiger partial charge in [0.25, 0.3) is 0 Å². The van der Waals surface area contributed by atoms with E-state index in [0.717, 1.165) is 0 Å². The Kier molecular flexibility index (Phi) is 9.33. The van der Waals surface area contributed by atoms with Crippen molar-refractivity contribution in [2.24, 2.45) is 11.5 Å². The molecule has 33 heavy (non-hydrogen) atoms. The van der Waals surface area contributed by atoms with E-state index in [1.807, 2.05) is 0 Å². The topological polar surface area (TPSA) is 194 Å².